The van der Waals surface area contributed by atoms with Crippen molar-refractivity contribution in [2.75, 3.05) is 7.11 Å². The topological polar surface area (TPSA) is 122 Å². The monoisotopic (exact) mass is 442 g/mol. The van der Waals surface area contributed by atoms with E-state index in [2.05, 4.69) is 8.92 Å². The molecule has 2 N–H and O–H groups in total. The SMILES string of the molecule is [2H]C1(c2ccc(C(=O)OC)c(F)c2)OC(N)=C(OS(=O)(=O)C([2H])([2H])c2ccc(F)cc2)C1=O. The van der Waals surface area contributed by atoms with Gasteiger partial charge in [-0.2, -0.15) is 8.42 Å². The second-order valence-electron chi connectivity index (χ2n) is 5.79. The van der Waals surface area contributed by atoms with Crippen LogP contribution in [0.25, 0.3) is 0 Å². The zero-order valence-corrected chi connectivity index (χ0v) is 16.0. The summed E-state index contributed by atoms with van der Waals surface area (Å²) in [6.07, 6.45) is -2.78. The van der Waals surface area contributed by atoms with Crippen LogP contribution in [-0.2, 0) is 34.3 Å². The third-order valence-electron chi connectivity index (χ3n) is 3.76. The summed E-state index contributed by atoms with van der Waals surface area (Å²) < 4.78 is 90.5. The summed E-state index contributed by atoms with van der Waals surface area (Å²) in [5.41, 5.74) is 0.797. The Morgan fingerprint density at radius 1 is 1.27 bits per heavy atom. The minimum absolute atomic E-state index is 0.460. The van der Waals surface area contributed by atoms with Crippen molar-refractivity contribution in [3.63, 3.8) is 0 Å². The fourth-order valence-corrected chi connectivity index (χ4v) is 3.25. The highest BCUT2D eigenvalue weighted by Gasteiger charge is 2.40. The van der Waals surface area contributed by atoms with E-state index < -0.39 is 73.6 Å². The Balaban J connectivity index is 1.93. The van der Waals surface area contributed by atoms with Crippen LogP contribution < -0.4 is 5.73 Å². The molecule has 1 heterocycles. The highest BCUT2D eigenvalue weighted by atomic mass is 32.2. The first kappa shape index (κ1) is 17.4. The number of halogens is 2. The van der Waals surface area contributed by atoms with Crippen LogP contribution in [0, 0.1) is 11.6 Å². The Hall–Kier alpha value is -3.47. The van der Waals surface area contributed by atoms with Gasteiger partial charge in [0, 0.05) is 5.56 Å². The maximum atomic E-state index is 14.3. The van der Waals surface area contributed by atoms with Crippen LogP contribution in [-0.4, -0.2) is 27.3 Å². The Morgan fingerprint density at radius 2 is 1.93 bits per heavy atom. The molecule has 1 atom stereocenters. The van der Waals surface area contributed by atoms with E-state index in [-0.39, 0.29) is 0 Å². The van der Waals surface area contributed by atoms with E-state index in [1.165, 1.54) is 0 Å². The maximum Gasteiger partial charge on any atom is 0.340 e. The van der Waals surface area contributed by atoms with Crippen molar-refractivity contribution in [3.8, 4) is 0 Å². The summed E-state index contributed by atoms with van der Waals surface area (Å²) in [4.78, 5) is 24.3. The van der Waals surface area contributed by atoms with Crippen molar-refractivity contribution in [1.29, 1.82) is 0 Å². The number of rotatable bonds is 6. The molecule has 0 radical (unpaired) electrons. The summed E-state index contributed by atoms with van der Waals surface area (Å²) in [5, 5.41) is 0. The highest BCUT2D eigenvalue weighted by molar-refractivity contribution is 7.86. The second-order valence-corrected chi connectivity index (χ2v) is 7.07. The number of ketones is 1. The smallest absolute Gasteiger partial charge is 0.340 e. The van der Waals surface area contributed by atoms with E-state index in [1.54, 1.807) is 0 Å². The number of hydrogen-bond acceptors (Lipinski definition) is 8. The summed E-state index contributed by atoms with van der Waals surface area (Å²) >= 11 is 0. The summed E-state index contributed by atoms with van der Waals surface area (Å²) in [6.45, 7) is 0. The number of ether oxygens (including phenoxy) is 2. The minimum atomic E-state index is -5.28. The molecule has 1 aliphatic heterocycles. The van der Waals surface area contributed by atoms with E-state index in [9.17, 15) is 26.8 Å². The molecule has 0 amide bonds. The number of nitrogens with two attached hydrogens (primary N) is 1. The van der Waals surface area contributed by atoms with Gasteiger partial charge in [-0.3, -0.25) is 4.79 Å². The van der Waals surface area contributed by atoms with Gasteiger partial charge in [0.2, 0.25) is 17.4 Å². The van der Waals surface area contributed by atoms with Crippen LogP contribution in [0.1, 0.15) is 31.7 Å². The predicted molar refractivity (Wildman–Crippen MR) is 97.9 cm³/mol. The number of benzene rings is 2. The van der Waals surface area contributed by atoms with Crippen molar-refractivity contribution in [3.05, 3.63) is 82.4 Å². The number of carbonyl (C=O) groups excluding carboxylic acids is 2. The first-order valence-corrected chi connectivity index (χ1v) is 9.47. The quantitative estimate of drug-likeness (QED) is 0.533. The van der Waals surface area contributed by atoms with Gasteiger partial charge in [-0.25, -0.2) is 13.6 Å². The molecule has 0 spiro atoms. The van der Waals surface area contributed by atoms with Gasteiger partial charge in [0.05, 0.1) is 16.8 Å². The van der Waals surface area contributed by atoms with Gasteiger partial charge in [-0.1, -0.05) is 18.2 Å². The van der Waals surface area contributed by atoms with Gasteiger partial charge in [-0.05, 0) is 29.8 Å². The van der Waals surface area contributed by atoms with E-state index >= 15 is 0 Å². The molecule has 158 valence electrons. The second kappa shape index (κ2) is 8.11. The molecule has 0 saturated heterocycles. The van der Waals surface area contributed by atoms with Gasteiger partial charge < -0.3 is 19.4 Å². The predicted octanol–water partition coefficient (Wildman–Crippen LogP) is 2.07. The van der Waals surface area contributed by atoms with Crippen LogP contribution in [0.15, 0.2) is 54.1 Å². The maximum absolute atomic E-state index is 14.3. The zero-order chi connectivity index (χ0) is 24.8. The van der Waals surface area contributed by atoms with Crippen LogP contribution in [0.2, 0.25) is 0 Å². The normalized spacial score (nSPS) is 20.8. The Kier molecular flexibility index (Phi) is 4.70. The van der Waals surface area contributed by atoms with Gasteiger partial charge in [0.1, 0.15) is 17.3 Å². The number of methoxy groups -OCH3 is 1. The lowest BCUT2D eigenvalue weighted by molar-refractivity contribution is -0.123. The van der Waals surface area contributed by atoms with Gasteiger partial charge in [0.15, 0.2) is 6.08 Å². The first-order chi connectivity index (χ1) is 15.2. The summed E-state index contributed by atoms with van der Waals surface area (Å²) in [6, 6.07) is 5.90. The number of hydrogen-bond donors (Lipinski definition) is 1. The molecular weight excluding hydrogens is 424 g/mol. The fraction of sp³-hybridized carbons (Fsp3) is 0.158. The molecular formula is C19H15F2NO7S. The van der Waals surface area contributed by atoms with E-state index in [4.69, 9.17) is 14.6 Å². The van der Waals surface area contributed by atoms with Crippen LogP contribution in [0.3, 0.4) is 0 Å². The Bertz CT molecular complexity index is 1280. The van der Waals surface area contributed by atoms with Crippen molar-refractivity contribution in [2.45, 2.75) is 11.8 Å². The number of carbonyl (C=O) groups is 2. The highest BCUT2D eigenvalue weighted by Crippen LogP contribution is 2.33. The van der Waals surface area contributed by atoms with Crippen molar-refractivity contribution in [2.24, 2.45) is 5.73 Å². The van der Waals surface area contributed by atoms with E-state index in [0.717, 1.165) is 43.5 Å². The van der Waals surface area contributed by atoms with Crippen LogP contribution in [0.4, 0.5) is 8.78 Å². The number of esters is 1. The lowest BCUT2D eigenvalue weighted by atomic mass is 10.0. The summed E-state index contributed by atoms with van der Waals surface area (Å²) in [5.74, 6) is -6.56. The molecule has 11 heteroatoms. The molecule has 0 fully saturated rings. The molecule has 2 aromatic rings. The first-order valence-electron chi connectivity index (χ1n) is 9.56. The number of Topliss-reactive ketones (excluding diaryl/α,β-unsaturated/α-hetero) is 1. The average molecular weight is 442 g/mol. The molecule has 0 saturated carbocycles. The molecule has 0 aliphatic carbocycles. The van der Waals surface area contributed by atoms with Gasteiger partial charge in [-0.15, -0.1) is 0 Å². The molecule has 0 aromatic heterocycles. The standard InChI is InChI=1S/C19H15F2NO7S/c1-27-19(24)13-7-4-11(8-14(13)21)16-15(23)17(18(22)28-16)29-30(25,26)9-10-2-5-12(20)6-3-10/h2-8,16H,9,22H2,1H3/i9D2,16D. The molecule has 3 rings (SSSR count). The third kappa shape index (κ3) is 4.40. The lowest BCUT2D eigenvalue weighted by Gasteiger charge is -2.11. The molecule has 1 unspecified atom stereocenters. The van der Waals surface area contributed by atoms with Gasteiger partial charge >= 0.3 is 16.1 Å². The summed E-state index contributed by atoms with van der Waals surface area (Å²) in [7, 11) is -4.26. The van der Waals surface area contributed by atoms with E-state index in [1.807, 2.05) is 0 Å². The fourth-order valence-electron chi connectivity index (χ4n) is 2.41. The molecule has 1 aliphatic rings. The lowest BCUT2D eigenvalue weighted by Crippen LogP contribution is -2.16. The van der Waals surface area contributed by atoms with Crippen LogP contribution in [0.5, 0.6) is 0 Å². The zero-order valence-electron chi connectivity index (χ0n) is 18.1. The molecule has 2 aromatic carbocycles. The average Bonchev–Trinajstić information content (AvgIpc) is 2.97. The van der Waals surface area contributed by atoms with Crippen molar-refractivity contribution >= 4 is 21.9 Å². The molecule has 8 nitrogen and oxygen atoms in total. The minimum Gasteiger partial charge on any atom is -0.465 e. The van der Waals surface area contributed by atoms with Gasteiger partial charge in [0.25, 0.3) is 0 Å². The van der Waals surface area contributed by atoms with Crippen molar-refractivity contribution < 1.29 is 44.6 Å². The third-order valence-corrected chi connectivity index (χ3v) is 4.64. The van der Waals surface area contributed by atoms with E-state index in [0.29, 0.717) is 6.07 Å². The Morgan fingerprint density at radius 3 is 2.53 bits per heavy atom. The van der Waals surface area contributed by atoms with Crippen LogP contribution >= 0.6 is 0 Å². The van der Waals surface area contributed by atoms with Crippen molar-refractivity contribution in [1.82, 2.24) is 0 Å². The molecule has 0 bridgehead atoms. The largest absolute Gasteiger partial charge is 0.465 e. The molecule has 30 heavy (non-hydrogen) atoms. The Labute approximate surface area is 174 Å².